The molecular weight excluding hydrogens is 248 g/mol. The minimum Gasteiger partial charge on any atom is -0.375 e. The van der Waals surface area contributed by atoms with E-state index in [2.05, 4.69) is 24.8 Å². The minimum atomic E-state index is 0.248. The van der Waals surface area contributed by atoms with Crippen LogP contribution in [-0.4, -0.2) is 25.3 Å². The van der Waals surface area contributed by atoms with Crippen LogP contribution in [0.15, 0.2) is 18.2 Å². The third-order valence-corrected chi connectivity index (χ3v) is 3.90. The molecule has 1 aromatic carbocycles. The lowest BCUT2D eigenvalue weighted by Gasteiger charge is -2.41. The Balaban J connectivity index is 2.36. The topological polar surface area (TPSA) is 38.5 Å². The summed E-state index contributed by atoms with van der Waals surface area (Å²) in [5.41, 5.74) is 8.03. The van der Waals surface area contributed by atoms with E-state index >= 15 is 0 Å². The maximum absolute atomic E-state index is 6.24. The number of rotatable bonds is 3. The first-order chi connectivity index (χ1) is 8.67. The molecule has 2 unspecified atom stereocenters. The van der Waals surface area contributed by atoms with Crippen molar-refractivity contribution in [3.05, 3.63) is 28.8 Å². The van der Waals surface area contributed by atoms with Gasteiger partial charge in [0.15, 0.2) is 0 Å². The van der Waals surface area contributed by atoms with Gasteiger partial charge in [-0.3, -0.25) is 0 Å². The predicted molar refractivity (Wildman–Crippen MR) is 76.2 cm³/mol. The molecule has 18 heavy (non-hydrogen) atoms. The largest absolute Gasteiger partial charge is 0.375 e. The second-order valence-corrected chi connectivity index (χ2v) is 5.21. The Bertz CT molecular complexity index is 411. The summed E-state index contributed by atoms with van der Waals surface area (Å²) in [6, 6.07) is 6.40. The van der Waals surface area contributed by atoms with Crippen molar-refractivity contribution in [1.29, 1.82) is 0 Å². The quantitative estimate of drug-likeness (QED) is 0.916. The van der Waals surface area contributed by atoms with Crippen LogP contribution >= 0.6 is 11.6 Å². The maximum atomic E-state index is 6.24. The molecule has 1 fully saturated rings. The van der Waals surface area contributed by atoms with Gasteiger partial charge in [-0.15, -0.1) is 0 Å². The average molecular weight is 269 g/mol. The number of ether oxygens (including phenoxy) is 1. The smallest absolute Gasteiger partial charge is 0.0723 e. The first-order valence-electron chi connectivity index (χ1n) is 6.53. The van der Waals surface area contributed by atoms with Crippen molar-refractivity contribution in [2.75, 3.05) is 18.1 Å². The van der Waals surface area contributed by atoms with Crippen molar-refractivity contribution in [1.82, 2.24) is 0 Å². The molecule has 1 saturated heterocycles. The van der Waals surface area contributed by atoms with Gasteiger partial charge in [-0.1, -0.05) is 24.6 Å². The molecule has 1 aliphatic heterocycles. The van der Waals surface area contributed by atoms with Crippen molar-refractivity contribution in [3.8, 4) is 0 Å². The summed E-state index contributed by atoms with van der Waals surface area (Å²) in [7, 11) is 0. The summed E-state index contributed by atoms with van der Waals surface area (Å²) in [5.74, 6) is 0. The summed E-state index contributed by atoms with van der Waals surface area (Å²) >= 11 is 6.24. The molecule has 1 heterocycles. The molecule has 2 rings (SSSR count). The Morgan fingerprint density at radius 2 is 2.28 bits per heavy atom. The van der Waals surface area contributed by atoms with Gasteiger partial charge in [0.1, 0.15) is 0 Å². The molecule has 4 heteroatoms. The van der Waals surface area contributed by atoms with Crippen LogP contribution in [-0.2, 0) is 11.3 Å². The number of morpholine rings is 1. The van der Waals surface area contributed by atoms with E-state index in [-0.39, 0.29) is 6.10 Å². The number of halogens is 1. The summed E-state index contributed by atoms with van der Waals surface area (Å²) in [6.07, 6.45) is 1.31. The third kappa shape index (κ3) is 2.63. The minimum absolute atomic E-state index is 0.248. The van der Waals surface area contributed by atoms with Crippen LogP contribution in [0.3, 0.4) is 0 Å². The Labute approximate surface area is 114 Å². The fraction of sp³-hybridized carbons (Fsp3) is 0.571. The van der Waals surface area contributed by atoms with E-state index in [1.807, 2.05) is 12.1 Å². The lowest BCUT2D eigenvalue weighted by atomic mass is 10.1. The summed E-state index contributed by atoms with van der Waals surface area (Å²) in [4.78, 5) is 2.39. The highest BCUT2D eigenvalue weighted by atomic mass is 35.5. The van der Waals surface area contributed by atoms with Gasteiger partial charge in [-0.05, 0) is 25.5 Å². The van der Waals surface area contributed by atoms with Gasteiger partial charge in [0, 0.05) is 29.4 Å². The van der Waals surface area contributed by atoms with Crippen LogP contribution in [0.2, 0.25) is 5.02 Å². The van der Waals surface area contributed by atoms with Crippen LogP contribution < -0.4 is 10.6 Å². The van der Waals surface area contributed by atoms with E-state index in [9.17, 15) is 0 Å². The molecule has 0 radical (unpaired) electrons. The van der Waals surface area contributed by atoms with E-state index in [1.165, 1.54) is 0 Å². The molecule has 1 aromatic rings. The summed E-state index contributed by atoms with van der Waals surface area (Å²) < 4.78 is 5.73. The highest BCUT2D eigenvalue weighted by Crippen LogP contribution is 2.31. The van der Waals surface area contributed by atoms with Crippen LogP contribution in [0.4, 0.5) is 5.69 Å². The summed E-state index contributed by atoms with van der Waals surface area (Å²) in [6.45, 7) is 6.42. The van der Waals surface area contributed by atoms with Gasteiger partial charge in [-0.25, -0.2) is 0 Å². The standard InChI is InChI=1S/C14H21ClN2O/c1-3-11-9-18-10(2)8-17(11)14-6-4-5-13(15)12(14)7-16/h4-6,10-11H,3,7-9,16H2,1-2H3. The maximum Gasteiger partial charge on any atom is 0.0723 e. The number of nitrogens with zero attached hydrogens (tertiary/aromatic N) is 1. The molecule has 1 aliphatic rings. The molecule has 0 amide bonds. The van der Waals surface area contributed by atoms with E-state index in [0.29, 0.717) is 12.6 Å². The molecule has 2 atom stereocenters. The van der Waals surface area contributed by atoms with Crippen molar-refractivity contribution in [2.24, 2.45) is 5.73 Å². The van der Waals surface area contributed by atoms with Gasteiger partial charge < -0.3 is 15.4 Å². The van der Waals surface area contributed by atoms with Crippen molar-refractivity contribution in [3.63, 3.8) is 0 Å². The molecule has 0 aromatic heterocycles. The lowest BCUT2D eigenvalue weighted by molar-refractivity contribution is 0.0299. The molecule has 0 bridgehead atoms. The fourth-order valence-electron chi connectivity index (χ4n) is 2.50. The Hall–Kier alpha value is -0.770. The number of nitrogens with two attached hydrogens (primary N) is 1. The monoisotopic (exact) mass is 268 g/mol. The highest BCUT2D eigenvalue weighted by molar-refractivity contribution is 6.31. The zero-order chi connectivity index (χ0) is 13.1. The number of anilines is 1. The third-order valence-electron chi connectivity index (χ3n) is 3.55. The van der Waals surface area contributed by atoms with Crippen LogP contribution in [0.5, 0.6) is 0 Å². The highest BCUT2D eigenvalue weighted by Gasteiger charge is 2.27. The van der Waals surface area contributed by atoms with Crippen LogP contribution in [0.25, 0.3) is 0 Å². The van der Waals surface area contributed by atoms with Gasteiger partial charge in [0.25, 0.3) is 0 Å². The van der Waals surface area contributed by atoms with Gasteiger partial charge in [0.2, 0.25) is 0 Å². The molecule has 0 saturated carbocycles. The Morgan fingerprint density at radius 1 is 1.50 bits per heavy atom. The van der Waals surface area contributed by atoms with Crippen molar-refractivity contribution < 1.29 is 4.74 Å². The number of hydrogen-bond donors (Lipinski definition) is 1. The molecule has 3 nitrogen and oxygen atoms in total. The van der Waals surface area contributed by atoms with Crippen LogP contribution in [0.1, 0.15) is 25.8 Å². The second kappa shape index (κ2) is 5.91. The SMILES string of the molecule is CCC1COC(C)CN1c1cccc(Cl)c1CN. The van der Waals surface area contributed by atoms with E-state index in [4.69, 9.17) is 22.1 Å². The lowest BCUT2D eigenvalue weighted by Crippen LogP contribution is -2.49. The zero-order valence-corrected chi connectivity index (χ0v) is 11.8. The second-order valence-electron chi connectivity index (χ2n) is 4.80. The summed E-state index contributed by atoms with van der Waals surface area (Å²) in [5, 5.41) is 0.754. The normalized spacial score (nSPS) is 24.3. The Morgan fingerprint density at radius 3 is 2.94 bits per heavy atom. The average Bonchev–Trinajstić information content (AvgIpc) is 2.38. The predicted octanol–water partition coefficient (Wildman–Crippen LogP) is 2.80. The first kappa shape index (κ1) is 13.7. The molecular formula is C14H21ClN2O. The fourth-order valence-corrected chi connectivity index (χ4v) is 2.74. The molecule has 100 valence electrons. The molecule has 0 aliphatic carbocycles. The Kier molecular flexibility index (Phi) is 4.49. The first-order valence-corrected chi connectivity index (χ1v) is 6.90. The van der Waals surface area contributed by atoms with Gasteiger partial charge >= 0.3 is 0 Å². The van der Waals surface area contributed by atoms with E-state index in [1.54, 1.807) is 0 Å². The van der Waals surface area contributed by atoms with Crippen LogP contribution in [0, 0.1) is 0 Å². The van der Waals surface area contributed by atoms with Crippen molar-refractivity contribution in [2.45, 2.75) is 39.0 Å². The zero-order valence-electron chi connectivity index (χ0n) is 11.0. The number of hydrogen-bond acceptors (Lipinski definition) is 3. The molecule has 0 spiro atoms. The van der Waals surface area contributed by atoms with E-state index < -0.39 is 0 Å². The molecule has 2 N–H and O–H groups in total. The van der Waals surface area contributed by atoms with Gasteiger partial charge in [-0.2, -0.15) is 0 Å². The van der Waals surface area contributed by atoms with E-state index in [0.717, 1.165) is 35.8 Å². The number of benzene rings is 1. The van der Waals surface area contributed by atoms with Gasteiger partial charge in [0.05, 0.1) is 18.8 Å². The van der Waals surface area contributed by atoms with Crippen molar-refractivity contribution >= 4 is 17.3 Å².